The van der Waals surface area contributed by atoms with Gasteiger partial charge in [0.15, 0.2) is 0 Å². The van der Waals surface area contributed by atoms with Gasteiger partial charge in [0.1, 0.15) is 5.82 Å². The number of aromatic nitrogens is 3. The maximum atomic E-state index is 4.35. The van der Waals surface area contributed by atoms with E-state index in [-0.39, 0.29) is 0 Å². The summed E-state index contributed by atoms with van der Waals surface area (Å²) in [5.41, 5.74) is 2.26. The first-order valence-electron chi connectivity index (χ1n) is 4.65. The Morgan fingerprint density at radius 1 is 1.21 bits per heavy atom. The maximum absolute atomic E-state index is 4.35. The van der Waals surface area contributed by atoms with E-state index in [0.29, 0.717) is 0 Å². The first kappa shape index (κ1) is 8.94. The Balaban J connectivity index is 2.19. The minimum atomic E-state index is 0.798. The molecule has 0 radical (unpaired) electrons. The highest BCUT2D eigenvalue weighted by molar-refractivity contribution is 5.12. The molecule has 2 aromatic heterocycles. The van der Waals surface area contributed by atoms with Crippen molar-refractivity contribution in [3.05, 3.63) is 47.8 Å². The second-order valence-corrected chi connectivity index (χ2v) is 3.43. The molecule has 0 aliphatic heterocycles. The van der Waals surface area contributed by atoms with E-state index >= 15 is 0 Å². The van der Waals surface area contributed by atoms with Gasteiger partial charge in [0.2, 0.25) is 0 Å². The number of hydrogen-bond acceptors (Lipinski definition) is 2. The number of aryl methyl sites for hydroxylation is 2. The van der Waals surface area contributed by atoms with Crippen molar-refractivity contribution in [3.8, 4) is 0 Å². The molecule has 0 unspecified atom stereocenters. The Kier molecular flexibility index (Phi) is 2.31. The third kappa shape index (κ3) is 1.82. The molecule has 0 atom stereocenters. The molecule has 0 fully saturated rings. The molecule has 0 aromatic carbocycles. The van der Waals surface area contributed by atoms with Crippen LogP contribution in [0.3, 0.4) is 0 Å². The summed E-state index contributed by atoms with van der Waals surface area (Å²) in [6.45, 7) is 4.83. The van der Waals surface area contributed by atoms with Gasteiger partial charge in [-0.3, -0.25) is 4.98 Å². The highest BCUT2D eigenvalue weighted by atomic mass is 15.1. The third-order valence-electron chi connectivity index (χ3n) is 2.23. The normalized spacial score (nSPS) is 10.4. The lowest BCUT2D eigenvalue weighted by atomic mass is 10.3. The molecule has 3 nitrogen and oxygen atoms in total. The zero-order chi connectivity index (χ0) is 9.97. The third-order valence-corrected chi connectivity index (χ3v) is 2.23. The average Bonchev–Trinajstić information content (AvgIpc) is 2.56. The molecule has 14 heavy (non-hydrogen) atoms. The molecule has 72 valence electrons. The minimum Gasteiger partial charge on any atom is -0.329 e. The van der Waals surface area contributed by atoms with Gasteiger partial charge in [0.25, 0.3) is 0 Å². The van der Waals surface area contributed by atoms with E-state index in [9.17, 15) is 0 Å². The minimum absolute atomic E-state index is 0.798. The van der Waals surface area contributed by atoms with Crippen molar-refractivity contribution in [2.24, 2.45) is 0 Å². The quantitative estimate of drug-likeness (QED) is 0.719. The molecule has 0 aliphatic carbocycles. The van der Waals surface area contributed by atoms with Gasteiger partial charge < -0.3 is 4.57 Å². The van der Waals surface area contributed by atoms with Crippen LogP contribution in [0.15, 0.2) is 30.7 Å². The van der Waals surface area contributed by atoms with Crippen LogP contribution in [0.2, 0.25) is 0 Å². The fraction of sp³-hybridized carbons (Fsp3) is 0.273. The van der Waals surface area contributed by atoms with Gasteiger partial charge in [0, 0.05) is 18.6 Å². The molecule has 0 aliphatic rings. The van der Waals surface area contributed by atoms with Gasteiger partial charge in [-0.25, -0.2) is 4.98 Å². The van der Waals surface area contributed by atoms with Gasteiger partial charge >= 0.3 is 0 Å². The summed E-state index contributed by atoms with van der Waals surface area (Å²) in [5, 5.41) is 0. The van der Waals surface area contributed by atoms with Gasteiger partial charge in [0.05, 0.1) is 12.2 Å². The summed E-state index contributed by atoms with van der Waals surface area (Å²) in [6.07, 6.45) is 5.67. The molecule has 0 N–H and O–H groups in total. The summed E-state index contributed by atoms with van der Waals surface area (Å²) in [6, 6.07) is 4.13. The van der Waals surface area contributed by atoms with Crippen molar-refractivity contribution in [2.75, 3.05) is 0 Å². The SMILES string of the molecule is Cc1ccc(Cn2ccnc2C)nc1. The first-order valence-corrected chi connectivity index (χ1v) is 4.65. The summed E-state index contributed by atoms with van der Waals surface area (Å²) in [7, 11) is 0. The molecule has 2 heterocycles. The molecular weight excluding hydrogens is 174 g/mol. The summed E-state index contributed by atoms with van der Waals surface area (Å²) < 4.78 is 2.08. The van der Waals surface area contributed by atoms with Crippen molar-refractivity contribution in [2.45, 2.75) is 20.4 Å². The van der Waals surface area contributed by atoms with Crippen LogP contribution in [0.4, 0.5) is 0 Å². The van der Waals surface area contributed by atoms with E-state index in [2.05, 4.69) is 26.7 Å². The van der Waals surface area contributed by atoms with Crippen molar-refractivity contribution in [3.63, 3.8) is 0 Å². The molecule has 0 amide bonds. The van der Waals surface area contributed by atoms with Crippen molar-refractivity contribution >= 4 is 0 Å². The Labute approximate surface area is 83.4 Å². The smallest absolute Gasteiger partial charge is 0.105 e. The van der Waals surface area contributed by atoms with Gasteiger partial charge in [-0.15, -0.1) is 0 Å². The second-order valence-electron chi connectivity index (χ2n) is 3.43. The van der Waals surface area contributed by atoms with Gasteiger partial charge in [-0.2, -0.15) is 0 Å². The fourth-order valence-corrected chi connectivity index (χ4v) is 1.34. The van der Waals surface area contributed by atoms with Gasteiger partial charge in [-0.1, -0.05) is 6.07 Å². The number of imidazole rings is 1. The highest BCUT2D eigenvalue weighted by Gasteiger charge is 1.98. The lowest BCUT2D eigenvalue weighted by Gasteiger charge is -2.04. The monoisotopic (exact) mass is 187 g/mol. The van der Waals surface area contributed by atoms with E-state index in [0.717, 1.165) is 18.1 Å². The molecular formula is C11H13N3. The number of nitrogens with zero attached hydrogens (tertiary/aromatic N) is 3. The van der Waals surface area contributed by atoms with E-state index in [1.165, 1.54) is 5.56 Å². The molecule has 2 rings (SSSR count). The Morgan fingerprint density at radius 2 is 2.07 bits per heavy atom. The zero-order valence-corrected chi connectivity index (χ0v) is 8.44. The van der Waals surface area contributed by atoms with Crippen molar-refractivity contribution in [1.29, 1.82) is 0 Å². The zero-order valence-electron chi connectivity index (χ0n) is 8.44. The highest BCUT2D eigenvalue weighted by Crippen LogP contribution is 2.03. The number of pyridine rings is 1. The number of rotatable bonds is 2. The van der Waals surface area contributed by atoms with Crippen LogP contribution in [0.5, 0.6) is 0 Å². The standard InChI is InChI=1S/C11H13N3/c1-9-3-4-11(13-7-9)8-14-6-5-12-10(14)2/h3-7H,8H2,1-2H3. The first-order chi connectivity index (χ1) is 6.75. The topological polar surface area (TPSA) is 30.7 Å². The van der Waals surface area contributed by atoms with Gasteiger partial charge in [-0.05, 0) is 25.5 Å². The van der Waals surface area contributed by atoms with Crippen LogP contribution in [0, 0.1) is 13.8 Å². The molecule has 0 bridgehead atoms. The van der Waals surface area contributed by atoms with Crippen LogP contribution in [0.25, 0.3) is 0 Å². The van der Waals surface area contributed by atoms with Crippen molar-refractivity contribution < 1.29 is 0 Å². The number of hydrogen-bond donors (Lipinski definition) is 0. The fourth-order valence-electron chi connectivity index (χ4n) is 1.34. The lowest BCUT2D eigenvalue weighted by molar-refractivity contribution is 0.741. The summed E-state index contributed by atoms with van der Waals surface area (Å²) >= 11 is 0. The van der Waals surface area contributed by atoms with Crippen LogP contribution in [-0.4, -0.2) is 14.5 Å². The second kappa shape index (κ2) is 3.62. The van der Waals surface area contributed by atoms with Crippen LogP contribution in [0.1, 0.15) is 17.1 Å². The molecule has 2 aromatic rings. The maximum Gasteiger partial charge on any atom is 0.105 e. The molecule has 0 saturated heterocycles. The van der Waals surface area contributed by atoms with E-state index in [4.69, 9.17) is 0 Å². The summed E-state index contributed by atoms with van der Waals surface area (Å²) in [4.78, 5) is 8.51. The van der Waals surface area contributed by atoms with E-state index in [1.807, 2.05) is 32.4 Å². The van der Waals surface area contributed by atoms with E-state index in [1.54, 1.807) is 0 Å². The lowest BCUT2D eigenvalue weighted by Crippen LogP contribution is -2.02. The predicted molar refractivity (Wildman–Crippen MR) is 55.0 cm³/mol. The molecule has 3 heteroatoms. The van der Waals surface area contributed by atoms with E-state index < -0.39 is 0 Å². The summed E-state index contributed by atoms with van der Waals surface area (Å²) in [5.74, 6) is 1.02. The largest absolute Gasteiger partial charge is 0.329 e. The Hall–Kier alpha value is -1.64. The molecule has 0 spiro atoms. The predicted octanol–water partition coefficient (Wildman–Crippen LogP) is 1.94. The van der Waals surface area contributed by atoms with Crippen molar-refractivity contribution in [1.82, 2.24) is 14.5 Å². The van der Waals surface area contributed by atoms with Crippen LogP contribution < -0.4 is 0 Å². The van der Waals surface area contributed by atoms with Crippen LogP contribution in [-0.2, 0) is 6.54 Å². The van der Waals surface area contributed by atoms with Crippen LogP contribution >= 0.6 is 0 Å². The Morgan fingerprint density at radius 3 is 2.64 bits per heavy atom. The molecule has 0 saturated carbocycles. The Bertz CT molecular complexity index is 414. The average molecular weight is 187 g/mol.